The number of para-hydroxylation sites is 2. The fourth-order valence-corrected chi connectivity index (χ4v) is 4.53. The minimum Gasteiger partial charge on any atom is -0.497 e. The first kappa shape index (κ1) is 22.8. The molecule has 0 aliphatic carbocycles. The molecule has 8 heteroatoms. The van der Waals surface area contributed by atoms with Crippen LogP contribution in [0, 0.1) is 0 Å². The van der Waals surface area contributed by atoms with Crippen molar-refractivity contribution in [3.63, 3.8) is 0 Å². The SMILES string of the molecule is CCC(CC)NC(=O)C1CN(C(=O)c2csc(-c3ccc(OC)cc3)n2)c2ccccc2O1. The van der Waals surface area contributed by atoms with E-state index in [4.69, 9.17) is 9.47 Å². The lowest BCUT2D eigenvalue weighted by Gasteiger charge is -2.34. The highest BCUT2D eigenvalue weighted by Crippen LogP contribution is 2.35. The summed E-state index contributed by atoms with van der Waals surface area (Å²) in [5.74, 6) is 0.789. The first-order valence-corrected chi connectivity index (χ1v) is 11.9. The number of fused-ring (bicyclic) bond motifs is 1. The van der Waals surface area contributed by atoms with Gasteiger partial charge in [0.1, 0.15) is 22.2 Å². The molecule has 7 nitrogen and oxygen atoms in total. The number of carbonyl (C=O) groups excluding carboxylic acids is 2. The fourth-order valence-electron chi connectivity index (χ4n) is 3.73. The second kappa shape index (κ2) is 10.0. The van der Waals surface area contributed by atoms with E-state index in [-0.39, 0.29) is 24.4 Å². The van der Waals surface area contributed by atoms with Crippen LogP contribution in [0.4, 0.5) is 5.69 Å². The normalized spacial score (nSPS) is 15.0. The first-order chi connectivity index (χ1) is 16.0. The van der Waals surface area contributed by atoms with Gasteiger partial charge in [0.15, 0.2) is 6.10 Å². The average Bonchev–Trinajstić information content (AvgIpc) is 3.36. The van der Waals surface area contributed by atoms with E-state index in [2.05, 4.69) is 10.3 Å². The molecular formula is C25H27N3O4S. The van der Waals surface area contributed by atoms with Gasteiger partial charge >= 0.3 is 0 Å². The highest BCUT2D eigenvalue weighted by Gasteiger charge is 2.35. The molecule has 3 aromatic rings. The Bertz CT molecular complexity index is 1120. The van der Waals surface area contributed by atoms with Crippen LogP contribution in [0.15, 0.2) is 53.9 Å². The van der Waals surface area contributed by atoms with Crippen molar-refractivity contribution in [2.75, 3.05) is 18.6 Å². The molecule has 2 amide bonds. The number of nitrogens with zero attached hydrogens (tertiary/aromatic N) is 2. The Morgan fingerprint density at radius 3 is 2.61 bits per heavy atom. The number of amides is 2. The van der Waals surface area contributed by atoms with E-state index in [0.717, 1.165) is 29.2 Å². The molecule has 1 atom stereocenters. The molecule has 1 aliphatic rings. The monoisotopic (exact) mass is 465 g/mol. The number of methoxy groups -OCH3 is 1. The van der Waals surface area contributed by atoms with Crippen molar-refractivity contribution < 1.29 is 19.1 Å². The number of benzene rings is 2. The number of carbonyl (C=O) groups is 2. The van der Waals surface area contributed by atoms with Crippen LogP contribution < -0.4 is 19.7 Å². The fraction of sp³-hybridized carbons (Fsp3) is 0.320. The van der Waals surface area contributed by atoms with Gasteiger partial charge in [0.05, 0.1) is 19.3 Å². The van der Waals surface area contributed by atoms with Gasteiger partial charge in [0.25, 0.3) is 11.8 Å². The van der Waals surface area contributed by atoms with E-state index >= 15 is 0 Å². The van der Waals surface area contributed by atoms with Crippen LogP contribution in [0.5, 0.6) is 11.5 Å². The van der Waals surface area contributed by atoms with Crippen molar-refractivity contribution in [3.8, 4) is 22.1 Å². The molecule has 0 fully saturated rings. The van der Waals surface area contributed by atoms with Crippen LogP contribution in [0.2, 0.25) is 0 Å². The van der Waals surface area contributed by atoms with E-state index in [0.29, 0.717) is 17.1 Å². The zero-order valence-corrected chi connectivity index (χ0v) is 19.7. The van der Waals surface area contributed by atoms with Crippen LogP contribution in [0.1, 0.15) is 37.2 Å². The first-order valence-electron chi connectivity index (χ1n) is 11.0. The predicted molar refractivity (Wildman–Crippen MR) is 129 cm³/mol. The minimum absolute atomic E-state index is 0.0769. The Morgan fingerprint density at radius 2 is 1.91 bits per heavy atom. The summed E-state index contributed by atoms with van der Waals surface area (Å²) in [6.45, 7) is 4.19. The van der Waals surface area contributed by atoms with Crippen molar-refractivity contribution in [1.29, 1.82) is 0 Å². The standard InChI is InChI=1S/C25H27N3O4S/c1-4-17(5-2)26-23(29)22-14-28(20-8-6-7-9-21(20)32-22)25(30)19-15-33-24(27-19)16-10-12-18(31-3)13-11-16/h6-13,15,17,22H,4-5,14H2,1-3H3,(H,26,29). The number of anilines is 1. The third-order valence-electron chi connectivity index (χ3n) is 5.70. The molecule has 0 saturated carbocycles. The van der Waals surface area contributed by atoms with E-state index in [1.165, 1.54) is 11.3 Å². The summed E-state index contributed by atoms with van der Waals surface area (Å²) < 4.78 is 11.2. The van der Waals surface area contributed by atoms with E-state index in [1.54, 1.807) is 23.5 Å². The second-order valence-electron chi connectivity index (χ2n) is 7.78. The maximum Gasteiger partial charge on any atom is 0.278 e. The van der Waals surface area contributed by atoms with Gasteiger partial charge in [-0.25, -0.2) is 4.98 Å². The van der Waals surface area contributed by atoms with Gasteiger partial charge in [-0.05, 0) is 49.2 Å². The van der Waals surface area contributed by atoms with Gasteiger partial charge in [-0.1, -0.05) is 26.0 Å². The smallest absolute Gasteiger partial charge is 0.278 e. The summed E-state index contributed by atoms with van der Waals surface area (Å²) in [4.78, 5) is 32.5. The summed E-state index contributed by atoms with van der Waals surface area (Å²) in [5, 5.41) is 5.52. The topological polar surface area (TPSA) is 80.8 Å². The lowest BCUT2D eigenvalue weighted by atomic mass is 10.1. The second-order valence-corrected chi connectivity index (χ2v) is 8.64. The Balaban J connectivity index is 1.58. The number of hydrogen-bond acceptors (Lipinski definition) is 6. The number of nitrogens with one attached hydrogen (secondary N) is 1. The van der Waals surface area contributed by atoms with Crippen molar-refractivity contribution in [2.45, 2.75) is 38.8 Å². The molecule has 1 aromatic heterocycles. The molecular weight excluding hydrogens is 438 g/mol. The summed E-state index contributed by atoms with van der Waals surface area (Å²) in [7, 11) is 1.62. The van der Waals surface area contributed by atoms with Gasteiger partial charge in [-0.15, -0.1) is 11.3 Å². The van der Waals surface area contributed by atoms with Gasteiger partial charge in [0.2, 0.25) is 0 Å². The molecule has 2 aromatic carbocycles. The molecule has 2 heterocycles. The molecule has 1 N–H and O–H groups in total. The maximum atomic E-state index is 13.5. The van der Waals surface area contributed by atoms with Gasteiger partial charge in [0, 0.05) is 17.0 Å². The molecule has 0 spiro atoms. The lowest BCUT2D eigenvalue weighted by molar-refractivity contribution is -0.128. The molecule has 172 valence electrons. The molecule has 33 heavy (non-hydrogen) atoms. The third-order valence-corrected chi connectivity index (χ3v) is 6.59. The highest BCUT2D eigenvalue weighted by atomic mass is 32.1. The number of ether oxygens (including phenoxy) is 2. The molecule has 1 aliphatic heterocycles. The lowest BCUT2D eigenvalue weighted by Crippen LogP contribution is -2.52. The van der Waals surface area contributed by atoms with Gasteiger partial charge < -0.3 is 14.8 Å². The number of aromatic nitrogens is 1. The summed E-state index contributed by atoms with van der Waals surface area (Å²) in [5.41, 5.74) is 1.87. The quantitative estimate of drug-likeness (QED) is 0.554. The van der Waals surface area contributed by atoms with Crippen LogP contribution >= 0.6 is 11.3 Å². The molecule has 4 rings (SSSR count). The number of hydrogen-bond donors (Lipinski definition) is 1. The highest BCUT2D eigenvalue weighted by molar-refractivity contribution is 7.13. The largest absolute Gasteiger partial charge is 0.497 e. The summed E-state index contributed by atoms with van der Waals surface area (Å²) >= 11 is 1.40. The Labute approximate surface area is 197 Å². The molecule has 1 unspecified atom stereocenters. The molecule has 0 saturated heterocycles. The van der Waals surface area contributed by atoms with Crippen LogP contribution in [-0.4, -0.2) is 42.6 Å². The minimum atomic E-state index is -0.788. The van der Waals surface area contributed by atoms with Crippen molar-refractivity contribution in [2.24, 2.45) is 0 Å². The Hall–Kier alpha value is -3.39. The van der Waals surface area contributed by atoms with Crippen LogP contribution in [0.3, 0.4) is 0 Å². The molecule has 0 radical (unpaired) electrons. The van der Waals surface area contributed by atoms with Crippen molar-refractivity contribution in [3.05, 3.63) is 59.6 Å². The van der Waals surface area contributed by atoms with E-state index in [1.807, 2.05) is 56.3 Å². The van der Waals surface area contributed by atoms with Gasteiger partial charge in [-0.2, -0.15) is 0 Å². The maximum absolute atomic E-state index is 13.5. The number of rotatable bonds is 7. The Morgan fingerprint density at radius 1 is 1.18 bits per heavy atom. The van der Waals surface area contributed by atoms with E-state index in [9.17, 15) is 9.59 Å². The molecule has 0 bridgehead atoms. The van der Waals surface area contributed by atoms with Crippen molar-refractivity contribution in [1.82, 2.24) is 10.3 Å². The summed E-state index contributed by atoms with van der Waals surface area (Å²) in [6, 6.07) is 14.9. The third kappa shape index (κ3) is 4.85. The van der Waals surface area contributed by atoms with Gasteiger partial charge in [-0.3, -0.25) is 14.5 Å². The average molecular weight is 466 g/mol. The Kier molecular flexibility index (Phi) is 6.93. The van der Waals surface area contributed by atoms with Crippen molar-refractivity contribution >= 4 is 28.8 Å². The number of thiazole rings is 1. The zero-order valence-electron chi connectivity index (χ0n) is 18.9. The zero-order chi connectivity index (χ0) is 23.4. The predicted octanol–water partition coefficient (Wildman–Crippen LogP) is 4.53. The van der Waals surface area contributed by atoms with Crippen LogP contribution in [0.25, 0.3) is 10.6 Å². The van der Waals surface area contributed by atoms with Crippen LogP contribution in [-0.2, 0) is 4.79 Å². The van der Waals surface area contributed by atoms with E-state index < -0.39 is 6.10 Å². The summed E-state index contributed by atoms with van der Waals surface area (Å²) in [6.07, 6.45) is 0.881.